The summed E-state index contributed by atoms with van der Waals surface area (Å²) < 4.78 is 2.35. The van der Waals surface area contributed by atoms with Gasteiger partial charge in [-0.15, -0.1) is 5.10 Å². The SMILES string of the molecule is CC1(O)CN(c2cccc3nc(Br)nn23)C1. The molecule has 0 spiro atoms. The Bertz CT molecular complexity index is 543. The monoisotopic (exact) mass is 282 g/mol. The summed E-state index contributed by atoms with van der Waals surface area (Å²) in [6.07, 6.45) is 0. The molecule has 0 bridgehead atoms. The van der Waals surface area contributed by atoms with Crippen LogP contribution in [0.1, 0.15) is 6.92 Å². The first-order chi connectivity index (χ1) is 7.55. The highest BCUT2D eigenvalue weighted by Crippen LogP contribution is 2.27. The molecule has 2 aromatic heterocycles. The van der Waals surface area contributed by atoms with E-state index in [1.807, 2.05) is 25.1 Å². The van der Waals surface area contributed by atoms with E-state index in [2.05, 4.69) is 30.9 Å². The molecule has 0 radical (unpaired) electrons. The number of pyridine rings is 1. The zero-order valence-electron chi connectivity index (χ0n) is 8.76. The molecule has 0 aliphatic carbocycles. The molecule has 1 saturated heterocycles. The summed E-state index contributed by atoms with van der Waals surface area (Å²) in [5, 5.41) is 14.0. The van der Waals surface area contributed by atoms with Crippen LogP contribution in [0.15, 0.2) is 22.9 Å². The van der Waals surface area contributed by atoms with Crippen LogP contribution in [0.4, 0.5) is 5.82 Å². The van der Waals surface area contributed by atoms with Crippen molar-refractivity contribution in [1.29, 1.82) is 0 Å². The first-order valence-electron chi connectivity index (χ1n) is 5.04. The average Bonchev–Trinajstić information content (AvgIpc) is 2.53. The second-order valence-corrected chi connectivity index (χ2v) is 5.10. The van der Waals surface area contributed by atoms with Crippen LogP contribution < -0.4 is 4.90 Å². The Morgan fingerprint density at radius 1 is 1.44 bits per heavy atom. The van der Waals surface area contributed by atoms with E-state index in [1.165, 1.54) is 0 Å². The normalized spacial score (nSPS) is 18.8. The maximum Gasteiger partial charge on any atom is 0.218 e. The topological polar surface area (TPSA) is 53.7 Å². The summed E-state index contributed by atoms with van der Waals surface area (Å²) in [5.41, 5.74) is 0.218. The number of anilines is 1. The highest BCUT2D eigenvalue weighted by molar-refractivity contribution is 9.10. The number of hydrogen-bond donors (Lipinski definition) is 1. The minimum Gasteiger partial charge on any atom is -0.386 e. The van der Waals surface area contributed by atoms with Crippen molar-refractivity contribution >= 4 is 27.4 Å². The lowest BCUT2D eigenvalue weighted by Crippen LogP contribution is -2.60. The minimum atomic E-state index is -0.583. The average molecular weight is 283 g/mol. The molecule has 6 heteroatoms. The molecule has 2 aromatic rings. The molecule has 0 saturated carbocycles. The van der Waals surface area contributed by atoms with Gasteiger partial charge in [-0.1, -0.05) is 6.07 Å². The standard InChI is InChI=1S/C10H11BrN4O/c1-10(16)5-14(6-10)8-4-2-3-7-12-9(11)13-15(7)8/h2-4,16H,5-6H2,1H3. The predicted octanol–water partition coefficient (Wildman–Crippen LogP) is 1.06. The van der Waals surface area contributed by atoms with Crippen molar-refractivity contribution in [3.8, 4) is 0 Å². The van der Waals surface area contributed by atoms with E-state index < -0.39 is 5.60 Å². The number of hydrogen-bond acceptors (Lipinski definition) is 4. The number of aromatic nitrogens is 3. The Labute approximate surface area is 101 Å². The number of rotatable bonds is 1. The summed E-state index contributed by atoms with van der Waals surface area (Å²) in [4.78, 5) is 6.31. The van der Waals surface area contributed by atoms with Crippen LogP contribution in [0.5, 0.6) is 0 Å². The molecule has 1 fully saturated rings. The van der Waals surface area contributed by atoms with Crippen LogP contribution in [-0.2, 0) is 0 Å². The minimum absolute atomic E-state index is 0.576. The van der Waals surface area contributed by atoms with Crippen molar-refractivity contribution < 1.29 is 5.11 Å². The van der Waals surface area contributed by atoms with Crippen molar-refractivity contribution in [2.45, 2.75) is 12.5 Å². The third-order valence-electron chi connectivity index (χ3n) is 2.70. The fourth-order valence-electron chi connectivity index (χ4n) is 2.04. The van der Waals surface area contributed by atoms with Gasteiger partial charge in [0.15, 0.2) is 5.65 Å². The van der Waals surface area contributed by atoms with E-state index in [-0.39, 0.29) is 0 Å². The maximum atomic E-state index is 9.73. The van der Waals surface area contributed by atoms with Crippen molar-refractivity contribution in [2.24, 2.45) is 0 Å². The predicted molar refractivity (Wildman–Crippen MR) is 63.5 cm³/mol. The van der Waals surface area contributed by atoms with Crippen LogP contribution >= 0.6 is 15.9 Å². The van der Waals surface area contributed by atoms with Crippen molar-refractivity contribution in [2.75, 3.05) is 18.0 Å². The Balaban J connectivity index is 2.04. The summed E-state index contributed by atoms with van der Waals surface area (Å²) in [6.45, 7) is 3.09. The molecule has 0 unspecified atom stereocenters. The molecule has 3 heterocycles. The molecule has 0 aromatic carbocycles. The number of β-amino-alcohol motifs (C(OH)–C–C–N with tert-alkyl or cyclic N) is 1. The van der Waals surface area contributed by atoms with Gasteiger partial charge in [0, 0.05) is 13.1 Å². The van der Waals surface area contributed by atoms with Gasteiger partial charge in [0.25, 0.3) is 0 Å². The molecule has 84 valence electrons. The van der Waals surface area contributed by atoms with E-state index in [0.717, 1.165) is 11.5 Å². The first kappa shape index (κ1) is 10.0. The second kappa shape index (κ2) is 3.18. The Morgan fingerprint density at radius 3 is 2.88 bits per heavy atom. The number of halogens is 1. The number of nitrogens with zero attached hydrogens (tertiary/aromatic N) is 4. The van der Waals surface area contributed by atoms with E-state index in [1.54, 1.807) is 4.52 Å². The van der Waals surface area contributed by atoms with Gasteiger partial charge in [0.1, 0.15) is 5.82 Å². The summed E-state index contributed by atoms with van der Waals surface area (Å²) in [5.74, 6) is 0.960. The van der Waals surface area contributed by atoms with Crippen LogP contribution in [0.2, 0.25) is 0 Å². The van der Waals surface area contributed by atoms with Gasteiger partial charge < -0.3 is 10.0 Å². The Morgan fingerprint density at radius 2 is 2.19 bits per heavy atom. The van der Waals surface area contributed by atoms with Gasteiger partial charge in [0.05, 0.1) is 5.60 Å². The third kappa shape index (κ3) is 1.49. The molecular formula is C10H11BrN4O. The number of fused-ring (bicyclic) bond motifs is 1. The van der Waals surface area contributed by atoms with E-state index in [9.17, 15) is 5.11 Å². The van der Waals surface area contributed by atoms with Gasteiger partial charge in [-0.2, -0.15) is 4.52 Å². The Hall–Kier alpha value is -1.14. The molecule has 5 nitrogen and oxygen atoms in total. The lowest BCUT2D eigenvalue weighted by atomic mass is 9.97. The summed E-state index contributed by atoms with van der Waals surface area (Å²) >= 11 is 3.26. The van der Waals surface area contributed by atoms with Gasteiger partial charge in [-0.3, -0.25) is 0 Å². The molecular weight excluding hydrogens is 272 g/mol. The van der Waals surface area contributed by atoms with Crippen LogP contribution in [0, 0.1) is 0 Å². The van der Waals surface area contributed by atoms with Crippen LogP contribution in [-0.4, -0.2) is 38.4 Å². The van der Waals surface area contributed by atoms with E-state index in [4.69, 9.17) is 0 Å². The smallest absolute Gasteiger partial charge is 0.218 e. The van der Waals surface area contributed by atoms with Gasteiger partial charge in [-0.05, 0) is 35.0 Å². The van der Waals surface area contributed by atoms with Crippen LogP contribution in [0.25, 0.3) is 5.65 Å². The Kier molecular flexibility index (Phi) is 1.99. The summed E-state index contributed by atoms with van der Waals surface area (Å²) in [7, 11) is 0. The van der Waals surface area contributed by atoms with Crippen molar-refractivity contribution in [3.05, 3.63) is 22.9 Å². The molecule has 3 rings (SSSR count). The highest BCUT2D eigenvalue weighted by Gasteiger charge is 2.37. The van der Waals surface area contributed by atoms with E-state index in [0.29, 0.717) is 17.8 Å². The lowest BCUT2D eigenvalue weighted by molar-refractivity contribution is 0.0303. The summed E-state index contributed by atoms with van der Waals surface area (Å²) in [6, 6.07) is 5.82. The largest absolute Gasteiger partial charge is 0.386 e. The third-order valence-corrected chi connectivity index (χ3v) is 3.04. The van der Waals surface area contributed by atoms with Gasteiger partial charge in [0.2, 0.25) is 4.73 Å². The molecule has 0 amide bonds. The molecule has 0 atom stereocenters. The molecule has 16 heavy (non-hydrogen) atoms. The zero-order chi connectivity index (χ0) is 11.3. The number of aliphatic hydroxyl groups is 1. The lowest BCUT2D eigenvalue weighted by Gasteiger charge is -2.45. The van der Waals surface area contributed by atoms with Crippen LogP contribution in [0.3, 0.4) is 0 Å². The zero-order valence-corrected chi connectivity index (χ0v) is 10.3. The maximum absolute atomic E-state index is 9.73. The first-order valence-corrected chi connectivity index (χ1v) is 5.83. The molecule has 1 aliphatic heterocycles. The van der Waals surface area contributed by atoms with Gasteiger partial charge in [-0.25, -0.2) is 4.98 Å². The van der Waals surface area contributed by atoms with Crippen molar-refractivity contribution in [3.63, 3.8) is 0 Å². The highest BCUT2D eigenvalue weighted by atomic mass is 79.9. The fraction of sp³-hybridized carbons (Fsp3) is 0.400. The molecule has 1 N–H and O–H groups in total. The quantitative estimate of drug-likeness (QED) is 0.850. The molecule has 1 aliphatic rings. The second-order valence-electron chi connectivity index (χ2n) is 4.39. The van der Waals surface area contributed by atoms with Gasteiger partial charge >= 0.3 is 0 Å². The van der Waals surface area contributed by atoms with Crippen molar-refractivity contribution in [1.82, 2.24) is 14.6 Å². The van der Waals surface area contributed by atoms with E-state index >= 15 is 0 Å². The fourth-order valence-corrected chi connectivity index (χ4v) is 2.38.